The van der Waals surface area contributed by atoms with Gasteiger partial charge in [-0.1, -0.05) is 28.9 Å². The molecule has 148 valence electrons. The van der Waals surface area contributed by atoms with Gasteiger partial charge in [-0.15, -0.1) is 11.3 Å². The van der Waals surface area contributed by atoms with Crippen molar-refractivity contribution in [2.75, 3.05) is 13.1 Å². The van der Waals surface area contributed by atoms with Gasteiger partial charge in [0.15, 0.2) is 6.10 Å². The highest BCUT2D eigenvalue weighted by molar-refractivity contribution is 7.17. The zero-order valence-electron chi connectivity index (χ0n) is 15.1. The number of hydrogen-bond acceptors (Lipinski definition) is 6. The van der Waals surface area contributed by atoms with E-state index >= 15 is 0 Å². The van der Waals surface area contributed by atoms with Crippen LogP contribution >= 0.6 is 22.9 Å². The standard InChI is InChI=1S/C19H20ClN3O4S/c1-11(24)8-21-18(25)13-4-2-12(3-5-13)14-9-23-27-15(14)10-22-19(26)16-6-7-17(20)28-16/h2-7,9,11,14-15,24H,8,10H2,1H3,(H,21,25)(H,22,26). The monoisotopic (exact) mass is 421 g/mol. The minimum Gasteiger partial charge on any atom is -0.392 e. The molecule has 9 heteroatoms. The first-order valence-corrected chi connectivity index (χ1v) is 9.92. The van der Waals surface area contributed by atoms with Crippen LogP contribution in [0.15, 0.2) is 41.6 Å². The van der Waals surface area contributed by atoms with Crippen LogP contribution in [0.4, 0.5) is 0 Å². The Hall–Kier alpha value is -2.42. The largest absolute Gasteiger partial charge is 0.392 e. The van der Waals surface area contributed by atoms with Crippen molar-refractivity contribution in [1.29, 1.82) is 0 Å². The molecule has 1 aromatic carbocycles. The van der Waals surface area contributed by atoms with Gasteiger partial charge in [0, 0.05) is 12.1 Å². The lowest BCUT2D eigenvalue weighted by Gasteiger charge is -2.17. The summed E-state index contributed by atoms with van der Waals surface area (Å²) in [6.45, 7) is 2.09. The van der Waals surface area contributed by atoms with E-state index in [0.29, 0.717) is 14.8 Å². The Morgan fingerprint density at radius 3 is 2.61 bits per heavy atom. The fraction of sp³-hybridized carbons (Fsp3) is 0.316. The second-order valence-corrected chi connectivity index (χ2v) is 8.13. The molecule has 3 atom stereocenters. The number of rotatable bonds is 7. The number of carbonyl (C=O) groups excluding carboxylic acids is 2. The minimum atomic E-state index is -0.601. The second kappa shape index (κ2) is 9.18. The van der Waals surface area contributed by atoms with Crippen molar-refractivity contribution in [3.8, 4) is 0 Å². The minimum absolute atomic E-state index is 0.137. The lowest BCUT2D eigenvalue weighted by atomic mass is 9.94. The van der Waals surface area contributed by atoms with Crippen LogP contribution in [0.25, 0.3) is 0 Å². The summed E-state index contributed by atoms with van der Waals surface area (Å²) in [4.78, 5) is 30.1. The topological polar surface area (TPSA) is 100 Å². The van der Waals surface area contributed by atoms with Crippen molar-refractivity contribution in [1.82, 2.24) is 10.6 Å². The van der Waals surface area contributed by atoms with Crippen molar-refractivity contribution in [3.05, 3.63) is 56.7 Å². The molecule has 0 saturated carbocycles. The van der Waals surface area contributed by atoms with Gasteiger partial charge in [0.2, 0.25) is 0 Å². The van der Waals surface area contributed by atoms with Crippen LogP contribution in [-0.4, -0.2) is 48.4 Å². The number of halogens is 1. The van der Waals surface area contributed by atoms with E-state index in [4.69, 9.17) is 16.4 Å². The van der Waals surface area contributed by atoms with E-state index in [2.05, 4.69) is 15.8 Å². The lowest BCUT2D eigenvalue weighted by molar-refractivity contribution is 0.0694. The number of aliphatic hydroxyl groups excluding tert-OH is 1. The van der Waals surface area contributed by atoms with E-state index in [1.54, 1.807) is 37.4 Å². The van der Waals surface area contributed by atoms with E-state index in [1.165, 1.54) is 11.3 Å². The van der Waals surface area contributed by atoms with Crippen molar-refractivity contribution in [2.45, 2.75) is 25.0 Å². The Bertz CT molecular complexity index is 866. The highest BCUT2D eigenvalue weighted by Crippen LogP contribution is 2.26. The second-order valence-electron chi connectivity index (χ2n) is 6.42. The summed E-state index contributed by atoms with van der Waals surface area (Å²) in [5.41, 5.74) is 1.42. The van der Waals surface area contributed by atoms with Crippen LogP contribution in [0.5, 0.6) is 0 Å². The summed E-state index contributed by atoms with van der Waals surface area (Å²) < 4.78 is 0.557. The summed E-state index contributed by atoms with van der Waals surface area (Å²) in [6.07, 6.45) is 0.743. The molecule has 28 heavy (non-hydrogen) atoms. The first-order valence-electron chi connectivity index (χ1n) is 8.73. The molecule has 1 aliphatic rings. The molecule has 0 saturated heterocycles. The van der Waals surface area contributed by atoms with Gasteiger partial charge in [0.25, 0.3) is 11.8 Å². The molecule has 2 aromatic rings. The van der Waals surface area contributed by atoms with Crippen molar-refractivity contribution in [3.63, 3.8) is 0 Å². The third kappa shape index (κ3) is 5.09. The van der Waals surface area contributed by atoms with Gasteiger partial charge in [-0.2, -0.15) is 0 Å². The highest BCUT2D eigenvalue weighted by atomic mass is 35.5. The first kappa shape index (κ1) is 20.3. The molecule has 3 rings (SSSR count). The molecule has 0 fully saturated rings. The number of amides is 2. The molecule has 0 radical (unpaired) electrons. The van der Waals surface area contributed by atoms with Crippen molar-refractivity contribution in [2.24, 2.45) is 5.16 Å². The number of benzene rings is 1. The number of carbonyl (C=O) groups is 2. The van der Waals surface area contributed by atoms with E-state index < -0.39 is 6.10 Å². The number of hydrogen-bond donors (Lipinski definition) is 3. The molecule has 1 aromatic heterocycles. The lowest BCUT2D eigenvalue weighted by Crippen LogP contribution is -2.34. The zero-order chi connectivity index (χ0) is 20.1. The maximum absolute atomic E-state index is 12.2. The Labute approximate surface area is 171 Å². The van der Waals surface area contributed by atoms with Gasteiger partial charge in [-0.25, -0.2) is 0 Å². The molecular formula is C19H20ClN3O4S. The molecule has 2 heterocycles. The van der Waals surface area contributed by atoms with Crippen LogP contribution in [0.3, 0.4) is 0 Å². The van der Waals surface area contributed by atoms with Gasteiger partial charge in [0.1, 0.15) is 0 Å². The maximum Gasteiger partial charge on any atom is 0.261 e. The third-order valence-corrected chi connectivity index (χ3v) is 5.42. The Morgan fingerprint density at radius 2 is 1.96 bits per heavy atom. The summed E-state index contributed by atoms with van der Waals surface area (Å²) in [7, 11) is 0. The maximum atomic E-state index is 12.2. The normalized spacial score (nSPS) is 19.1. The van der Waals surface area contributed by atoms with Crippen LogP contribution in [0, 0.1) is 0 Å². The number of oxime groups is 1. The van der Waals surface area contributed by atoms with E-state index in [9.17, 15) is 14.7 Å². The molecule has 3 N–H and O–H groups in total. The van der Waals surface area contributed by atoms with Gasteiger partial charge in [-0.3, -0.25) is 9.59 Å². The summed E-state index contributed by atoms with van der Waals surface area (Å²) in [5.74, 6) is -0.597. The van der Waals surface area contributed by atoms with Crippen LogP contribution in [0.2, 0.25) is 4.34 Å². The SMILES string of the molecule is CC(O)CNC(=O)c1ccc(C2C=NOC2CNC(=O)c2ccc(Cl)s2)cc1. The fourth-order valence-corrected chi connectivity index (χ4v) is 3.68. The number of aliphatic hydroxyl groups is 1. The summed E-state index contributed by atoms with van der Waals surface area (Å²) >= 11 is 7.07. The summed E-state index contributed by atoms with van der Waals surface area (Å²) in [5, 5.41) is 18.6. The van der Waals surface area contributed by atoms with Crippen LogP contribution in [-0.2, 0) is 4.84 Å². The fourth-order valence-electron chi connectivity index (χ4n) is 2.72. The highest BCUT2D eigenvalue weighted by Gasteiger charge is 2.29. The average Bonchev–Trinajstić information content (AvgIpc) is 3.33. The number of thiophene rings is 1. The van der Waals surface area contributed by atoms with Gasteiger partial charge in [0.05, 0.1) is 34.0 Å². The Balaban J connectivity index is 1.58. The molecule has 2 amide bonds. The van der Waals surface area contributed by atoms with E-state index in [-0.39, 0.29) is 36.9 Å². The van der Waals surface area contributed by atoms with Crippen LogP contribution < -0.4 is 10.6 Å². The smallest absolute Gasteiger partial charge is 0.261 e. The molecule has 1 aliphatic heterocycles. The number of nitrogens with one attached hydrogen (secondary N) is 2. The number of nitrogens with zero attached hydrogens (tertiary/aromatic N) is 1. The molecule has 0 bridgehead atoms. The quantitative estimate of drug-likeness (QED) is 0.639. The third-order valence-electron chi connectivity index (χ3n) is 4.19. The molecule has 0 aliphatic carbocycles. The predicted octanol–water partition coefficient (Wildman–Crippen LogP) is 2.41. The van der Waals surface area contributed by atoms with E-state index in [0.717, 1.165) is 5.56 Å². The molecule has 7 nitrogen and oxygen atoms in total. The van der Waals surface area contributed by atoms with Gasteiger partial charge < -0.3 is 20.6 Å². The molecule has 0 spiro atoms. The van der Waals surface area contributed by atoms with Crippen LogP contribution in [0.1, 0.15) is 38.4 Å². The Morgan fingerprint density at radius 1 is 1.21 bits per heavy atom. The first-order chi connectivity index (χ1) is 13.4. The zero-order valence-corrected chi connectivity index (χ0v) is 16.7. The van der Waals surface area contributed by atoms with E-state index in [1.807, 2.05) is 12.1 Å². The Kier molecular flexibility index (Phi) is 6.66. The molecule has 3 unspecified atom stereocenters. The van der Waals surface area contributed by atoms with Gasteiger partial charge in [-0.05, 0) is 36.8 Å². The van der Waals surface area contributed by atoms with Gasteiger partial charge >= 0.3 is 0 Å². The predicted molar refractivity (Wildman–Crippen MR) is 108 cm³/mol. The average molecular weight is 422 g/mol. The summed E-state index contributed by atoms with van der Waals surface area (Å²) in [6, 6.07) is 10.4. The molecular weight excluding hydrogens is 402 g/mol. The van der Waals surface area contributed by atoms with Crippen molar-refractivity contribution >= 4 is 41.0 Å². The van der Waals surface area contributed by atoms with Crippen molar-refractivity contribution < 1.29 is 19.5 Å².